The maximum atomic E-state index is 11.6. The maximum absolute atomic E-state index is 11.6. The number of nitrogen functional groups attached to an aromatic ring is 1. The minimum atomic E-state index is -0.212. The first-order chi connectivity index (χ1) is 7.67. The van der Waals surface area contributed by atoms with Gasteiger partial charge < -0.3 is 10.7 Å². The normalized spacial score (nSPS) is 11.9. The van der Waals surface area contributed by atoms with Crippen LogP contribution in [0, 0.1) is 5.92 Å². The van der Waals surface area contributed by atoms with E-state index >= 15 is 0 Å². The summed E-state index contributed by atoms with van der Waals surface area (Å²) in [6.07, 6.45) is 1.03. The zero-order valence-corrected chi connectivity index (χ0v) is 9.53. The smallest absolute Gasteiger partial charge is 0.271 e. The number of carbonyl (C=O) groups excluding carboxylic acids is 1. The number of anilines is 1. The van der Waals surface area contributed by atoms with E-state index in [1.165, 1.54) is 0 Å². The van der Waals surface area contributed by atoms with Gasteiger partial charge in [-0.05, 0) is 18.1 Å². The molecule has 0 spiro atoms. The van der Waals surface area contributed by atoms with Crippen LogP contribution in [0.15, 0.2) is 12.1 Å². The average molecular weight is 223 g/mol. The second-order valence-corrected chi connectivity index (χ2v) is 3.67. The van der Waals surface area contributed by atoms with E-state index in [2.05, 4.69) is 34.8 Å². The van der Waals surface area contributed by atoms with Gasteiger partial charge in [-0.3, -0.25) is 4.79 Å². The Hall–Kier alpha value is -1.69. The van der Waals surface area contributed by atoms with Gasteiger partial charge in [0.15, 0.2) is 11.5 Å². The number of nitrogens with zero attached hydrogens (tertiary/aromatic N) is 2. The molecule has 0 aliphatic heterocycles. The summed E-state index contributed by atoms with van der Waals surface area (Å²) in [4.78, 5) is 11.6. The molecule has 16 heavy (non-hydrogen) atoms. The number of hydrogen-bond acceptors (Lipinski definition) is 5. The van der Waals surface area contributed by atoms with E-state index in [4.69, 9.17) is 5.84 Å². The molecule has 6 nitrogen and oxygen atoms in total. The van der Waals surface area contributed by atoms with Crippen molar-refractivity contribution in [1.82, 2.24) is 15.5 Å². The predicted molar refractivity (Wildman–Crippen MR) is 61.6 cm³/mol. The fourth-order valence-corrected chi connectivity index (χ4v) is 1.03. The lowest BCUT2D eigenvalue weighted by Gasteiger charge is -2.09. The Morgan fingerprint density at radius 3 is 2.75 bits per heavy atom. The summed E-state index contributed by atoms with van der Waals surface area (Å²) in [7, 11) is 0. The summed E-state index contributed by atoms with van der Waals surface area (Å²) in [5.74, 6) is 5.82. The SMILES string of the molecule is CCC(C)CNC(=O)c1ccc(NN)nn1. The molecule has 1 aromatic rings. The standard InChI is InChI=1S/C10H17N5O/c1-3-7(2)6-12-10(16)8-4-5-9(13-11)15-14-8/h4-5,7H,3,6,11H2,1-2H3,(H,12,16)(H,13,15). The number of amides is 1. The van der Waals surface area contributed by atoms with Crippen molar-refractivity contribution in [3.05, 3.63) is 17.8 Å². The Labute approximate surface area is 94.6 Å². The highest BCUT2D eigenvalue weighted by atomic mass is 16.1. The molecular weight excluding hydrogens is 206 g/mol. The Morgan fingerprint density at radius 2 is 2.25 bits per heavy atom. The molecule has 0 aliphatic rings. The zero-order chi connectivity index (χ0) is 12.0. The molecule has 1 amide bonds. The topological polar surface area (TPSA) is 92.9 Å². The van der Waals surface area contributed by atoms with E-state index in [-0.39, 0.29) is 5.91 Å². The molecule has 0 radical (unpaired) electrons. The lowest BCUT2D eigenvalue weighted by atomic mass is 10.1. The van der Waals surface area contributed by atoms with Crippen molar-refractivity contribution >= 4 is 11.7 Å². The average Bonchev–Trinajstić information content (AvgIpc) is 2.35. The molecule has 1 atom stereocenters. The van der Waals surface area contributed by atoms with Crippen LogP contribution in [0.3, 0.4) is 0 Å². The van der Waals surface area contributed by atoms with Gasteiger partial charge in [0.2, 0.25) is 0 Å². The number of hydrogen-bond donors (Lipinski definition) is 3. The fourth-order valence-electron chi connectivity index (χ4n) is 1.03. The van der Waals surface area contributed by atoms with E-state index < -0.39 is 0 Å². The Morgan fingerprint density at radius 1 is 1.50 bits per heavy atom. The number of hydrazine groups is 1. The Bertz CT molecular complexity index is 338. The van der Waals surface area contributed by atoms with Crippen LogP contribution in [0.4, 0.5) is 5.82 Å². The maximum Gasteiger partial charge on any atom is 0.271 e. The highest BCUT2D eigenvalue weighted by Crippen LogP contribution is 2.01. The minimum Gasteiger partial charge on any atom is -0.350 e. The van der Waals surface area contributed by atoms with Crippen LogP contribution in [-0.4, -0.2) is 22.6 Å². The van der Waals surface area contributed by atoms with Crippen LogP contribution >= 0.6 is 0 Å². The van der Waals surface area contributed by atoms with Crippen LogP contribution in [-0.2, 0) is 0 Å². The number of carbonyl (C=O) groups is 1. The zero-order valence-electron chi connectivity index (χ0n) is 9.53. The summed E-state index contributed by atoms with van der Waals surface area (Å²) in [6.45, 7) is 4.81. The second-order valence-electron chi connectivity index (χ2n) is 3.67. The Balaban J connectivity index is 2.52. The van der Waals surface area contributed by atoms with Gasteiger partial charge in [0.05, 0.1) is 0 Å². The molecule has 1 unspecified atom stereocenters. The van der Waals surface area contributed by atoms with Gasteiger partial charge in [-0.2, -0.15) is 0 Å². The van der Waals surface area contributed by atoms with Gasteiger partial charge in [0.1, 0.15) is 0 Å². The van der Waals surface area contributed by atoms with Gasteiger partial charge in [-0.15, -0.1) is 10.2 Å². The molecule has 0 fully saturated rings. The third-order valence-electron chi connectivity index (χ3n) is 2.35. The highest BCUT2D eigenvalue weighted by molar-refractivity contribution is 5.92. The van der Waals surface area contributed by atoms with Crippen LogP contribution < -0.4 is 16.6 Å². The van der Waals surface area contributed by atoms with Gasteiger partial charge >= 0.3 is 0 Å². The highest BCUT2D eigenvalue weighted by Gasteiger charge is 2.08. The van der Waals surface area contributed by atoms with Crippen molar-refractivity contribution in [1.29, 1.82) is 0 Å². The number of aromatic nitrogens is 2. The molecule has 0 bridgehead atoms. The summed E-state index contributed by atoms with van der Waals surface area (Å²) in [6, 6.07) is 3.18. The summed E-state index contributed by atoms with van der Waals surface area (Å²) in [5.41, 5.74) is 2.64. The quantitative estimate of drug-likeness (QED) is 0.500. The fraction of sp³-hybridized carbons (Fsp3) is 0.500. The van der Waals surface area contributed by atoms with Crippen molar-refractivity contribution in [2.75, 3.05) is 12.0 Å². The molecule has 0 saturated heterocycles. The molecule has 6 heteroatoms. The van der Waals surface area contributed by atoms with Crippen molar-refractivity contribution in [3.8, 4) is 0 Å². The number of nitrogens with two attached hydrogens (primary N) is 1. The van der Waals surface area contributed by atoms with Crippen molar-refractivity contribution in [3.63, 3.8) is 0 Å². The predicted octanol–water partition coefficient (Wildman–Crippen LogP) is 0.538. The monoisotopic (exact) mass is 223 g/mol. The first kappa shape index (κ1) is 12.4. The second kappa shape index (κ2) is 6.02. The minimum absolute atomic E-state index is 0.212. The number of rotatable bonds is 5. The third-order valence-corrected chi connectivity index (χ3v) is 2.35. The summed E-state index contributed by atoms with van der Waals surface area (Å²) >= 11 is 0. The molecule has 1 rings (SSSR count). The van der Waals surface area contributed by atoms with Crippen molar-refractivity contribution < 1.29 is 4.79 Å². The van der Waals surface area contributed by atoms with E-state index in [0.717, 1.165) is 6.42 Å². The van der Waals surface area contributed by atoms with E-state index in [1.54, 1.807) is 12.1 Å². The van der Waals surface area contributed by atoms with Gasteiger partial charge in [0.25, 0.3) is 5.91 Å². The lowest BCUT2D eigenvalue weighted by molar-refractivity contribution is 0.0942. The molecule has 88 valence electrons. The van der Waals surface area contributed by atoms with Crippen LogP contribution in [0.2, 0.25) is 0 Å². The molecule has 1 heterocycles. The van der Waals surface area contributed by atoms with Gasteiger partial charge in [0, 0.05) is 6.54 Å². The summed E-state index contributed by atoms with van der Waals surface area (Å²) in [5, 5.41) is 10.3. The van der Waals surface area contributed by atoms with Crippen LogP contribution in [0.1, 0.15) is 30.8 Å². The van der Waals surface area contributed by atoms with Crippen molar-refractivity contribution in [2.24, 2.45) is 11.8 Å². The third kappa shape index (κ3) is 3.47. The van der Waals surface area contributed by atoms with Gasteiger partial charge in [-0.25, -0.2) is 5.84 Å². The molecular formula is C10H17N5O. The van der Waals surface area contributed by atoms with Crippen LogP contribution in [0.5, 0.6) is 0 Å². The Kier molecular flexibility index (Phi) is 4.65. The van der Waals surface area contributed by atoms with E-state index in [1.807, 2.05) is 0 Å². The molecule has 0 saturated carbocycles. The van der Waals surface area contributed by atoms with Gasteiger partial charge in [-0.1, -0.05) is 20.3 Å². The summed E-state index contributed by atoms with van der Waals surface area (Å²) < 4.78 is 0. The molecule has 0 aliphatic carbocycles. The number of nitrogens with one attached hydrogen (secondary N) is 2. The van der Waals surface area contributed by atoms with Crippen molar-refractivity contribution in [2.45, 2.75) is 20.3 Å². The van der Waals surface area contributed by atoms with E-state index in [0.29, 0.717) is 24.0 Å². The largest absolute Gasteiger partial charge is 0.350 e. The molecule has 0 aromatic carbocycles. The molecule has 1 aromatic heterocycles. The van der Waals surface area contributed by atoms with E-state index in [9.17, 15) is 4.79 Å². The molecule has 4 N–H and O–H groups in total. The van der Waals surface area contributed by atoms with Crippen LogP contribution in [0.25, 0.3) is 0 Å². The lowest BCUT2D eigenvalue weighted by Crippen LogP contribution is -2.29. The first-order valence-electron chi connectivity index (χ1n) is 5.26. The first-order valence-corrected chi connectivity index (χ1v) is 5.26.